The van der Waals surface area contributed by atoms with E-state index in [0.717, 1.165) is 10.9 Å². The number of hydrogen-bond acceptors (Lipinski definition) is 3. The van der Waals surface area contributed by atoms with Crippen molar-refractivity contribution in [2.75, 3.05) is 5.32 Å². The molecule has 7 heteroatoms. The van der Waals surface area contributed by atoms with Gasteiger partial charge in [-0.2, -0.15) is 5.26 Å². The van der Waals surface area contributed by atoms with Crippen molar-refractivity contribution in [1.82, 2.24) is 4.57 Å². The highest BCUT2D eigenvalue weighted by atomic mass is 35.5. The van der Waals surface area contributed by atoms with Gasteiger partial charge >= 0.3 is 0 Å². The first-order valence-corrected chi connectivity index (χ1v) is 8.40. The molecular formula is C20H15ClN4O2. The van der Waals surface area contributed by atoms with E-state index in [-0.39, 0.29) is 12.1 Å². The van der Waals surface area contributed by atoms with Gasteiger partial charge in [0.25, 0.3) is 5.91 Å². The first-order valence-electron chi connectivity index (χ1n) is 8.03. The molecule has 0 aliphatic rings. The van der Waals surface area contributed by atoms with E-state index in [2.05, 4.69) is 5.32 Å². The molecule has 2 amide bonds. The summed E-state index contributed by atoms with van der Waals surface area (Å²) in [6.07, 6.45) is 3.18. The molecule has 0 unspecified atom stereocenters. The summed E-state index contributed by atoms with van der Waals surface area (Å²) in [7, 11) is 0. The van der Waals surface area contributed by atoms with Gasteiger partial charge in [0, 0.05) is 33.4 Å². The van der Waals surface area contributed by atoms with Crippen molar-refractivity contribution < 1.29 is 9.59 Å². The van der Waals surface area contributed by atoms with Crippen molar-refractivity contribution in [3.8, 4) is 6.07 Å². The van der Waals surface area contributed by atoms with E-state index in [1.165, 1.54) is 6.08 Å². The van der Waals surface area contributed by atoms with Gasteiger partial charge in [0.2, 0.25) is 5.91 Å². The number of nitrogens with one attached hydrogen (secondary N) is 1. The van der Waals surface area contributed by atoms with E-state index in [1.807, 2.05) is 30.3 Å². The highest BCUT2D eigenvalue weighted by Gasteiger charge is 2.13. The van der Waals surface area contributed by atoms with Crippen molar-refractivity contribution in [1.29, 1.82) is 5.26 Å². The maximum Gasteiger partial charge on any atom is 0.266 e. The SMILES string of the molecule is N#C/C(=C/c1cn(CC(N)=O)c2ccccc12)C(=O)Nc1cccc(Cl)c1. The number of primary amides is 1. The van der Waals surface area contributed by atoms with Crippen LogP contribution >= 0.6 is 11.6 Å². The molecule has 2 aromatic carbocycles. The molecule has 0 radical (unpaired) electrons. The Balaban J connectivity index is 1.97. The van der Waals surface area contributed by atoms with Crippen molar-refractivity contribution in [3.63, 3.8) is 0 Å². The lowest BCUT2D eigenvalue weighted by atomic mass is 10.1. The van der Waals surface area contributed by atoms with Gasteiger partial charge in [-0.3, -0.25) is 9.59 Å². The predicted octanol–water partition coefficient (Wildman–Crippen LogP) is 3.33. The highest BCUT2D eigenvalue weighted by molar-refractivity contribution is 6.31. The molecule has 1 heterocycles. The lowest BCUT2D eigenvalue weighted by molar-refractivity contribution is -0.118. The van der Waals surface area contributed by atoms with E-state index in [9.17, 15) is 14.9 Å². The van der Waals surface area contributed by atoms with Crippen LogP contribution in [0.1, 0.15) is 5.56 Å². The summed E-state index contributed by atoms with van der Waals surface area (Å²) in [5.41, 5.74) is 7.14. The Labute approximate surface area is 160 Å². The second kappa shape index (κ2) is 7.77. The average molecular weight is 379 g/mol. The molecule has 134 valence electrons. The summed E-state index contributed by atoms with van der Waals surface area (Å²) in [4.78, 5) is 23.8. The van der Waals surface area contributed by atoms with Crippen molar-refractivity contribution >= 4 is 46.1 Å². The molecule has 0 spiro atoms. The molecule has 1 aromatic heterocycles. The molecule has 0 fully saturated rings. The van der Waals surface area contributed by atoms with Crippen molar-refractivity contribution in [3.05, 3.63) is 70.9 Å². The fourth-order valence-electron chi connectivity index (χ4n) is 2.76. The van der Waals surface area contributed by atoms with Gasteiger partial charge in [0.05, 0.1) is 0 Å². The molecule has 27 heavy (non-hydrogen) atoms. The van der Waals surface area contributed by atoms with Crippen LogP contribution in [0.25, 0.3) is 17.0 Å². The molecule has 0 saturated carbocycles. The van der Waals surface area contributed by atoms with Crippen LogP contribution in [-0.2, 0) is 16.1 Å². The highest BCUT2D eigenvalue weighted by Crippen LogP contribution is 2.24. The van der Waals surface area contributed by atoms with E-state index in [0.29, 0.717) is 16.3 Å². The maximum absolute atomic E-state index is 12.5. The van der Waals surface area contributed by atoms with Crippen LogP contribution in [0.4, 0.5) is 5.69 Å². The lowest BCUT2D eigenvalue weighted by Crippen LogP contribution is -2.17. The van der Waals surface area contributed by atoms with E-state index in [4.69, 9.17) is 17.3 Å². The third-order valence-corrected chi connectivity index (χ3v) is 4.13. The minimum atomic E-state index is -0.550. The van der Waals surface area contributed by atoms with Crippen LogP contribution in [0.15, 0.2) is 60.3 Å². The minimum absolute atomic E-state index is 0.00491. The van der Waals surface area contributed by atoms with Crippen LogP contribution in [0.3, 0.4) is 0 Å². The predicted molar refractivity (Wildman–Crippen MR) is 105 cm³/mol. The molecule has 0 saturated heterocycles. The molecule has 3 rings (SSSR count). The van der Waals surface area contributed by atoms with Gasteiger partial charge in [-0.1, -0.05) is 35.9 Å². The quantitative estimate of drug-likeness (QED) is 0.526. The minimum Gasteiger partial charge on any atom is -0.368 e. The molecule has 3 aromatic rings. The third kappa shape index (κ3) is 4.17. The van der Waals surface area contributed by atoms with Crippen LogP contribution in [0.5, 0.6) is 0 Å². The number of hydrogen-bond donors (Lipinski definition) is 2. The van der Waals surface area contributed by atoms with Crippen LogP contribution < -0.4 is 11.1 Å². The Bertz CT molecular complexity index is 1110. The Morgan fingerprint density at radius 2 is 2.00 bits per heavy atom. The van der Waals surface area contributed by atoms with E-state index >= 15 is 0 Å². The zero-order chi connectivity index (χ0) is 19.4. The number of aromatic nitrogens is 1. The Hall–Kier alpha value is -3.56. The van der Waals surface area contributed by atoms with E-state index in [1.54, 1.807) is 35.0 Å². The van der Waals surface area contributed by atoms with Gasteiger partial charge in [-0.05, 0) is 30.3 Å². The van der Waals surface area contributed by atoms with Crippen LogP contribution in [0.2, 0.25) is 5.02 Å². The second-order valence-electron chi connectivity index (χ2n) is 5.83. The zero-order valence-electron chi connectivity index (χ0n) is 14.1. The number of carbonyl (C=O) groups excluding carboxylic acids is 2. The number of nitriles is 1. The van der Waals surface area contributed by atoms with Gasteiger partial charge in [-0.25, -0.2) is 0 Å². The van der Waals surface area contributed by atoms with E-state index < -0.39 is 11.8 Å². The molecule has 0 bridgehead atoms. The van der Waals surface area contributed by atoms with Gasteiger partial charge < -0.3 is 15.6 Å². The number of benzene rings is 2. The average Bonchev–Trinajstić information content (AvgIpc) is 2.96. The number of rotatable bonds is 5. The largest absolute Gasteiger partial charge is 0.368 e. The Kier molecular flexibility index (Phi) is 5.25. The standard InChI is InChI=1S/C20H15ClN4O2/c21-15-4-3-5-16(9-15)24-20(27)13(10-22)8-14-11-25(12-19(23)26)18-7-2-1-6-17(14)18/h1-9,11H,12H2,(H2,23,26)(H,24,27)/b13-8-. The summed E-state index contributed by atoms with van der Waals surface area (Å²) >= 11 is 5.91. The number of nitrogens with two attached hydrogens (primary N) is 1. The van der Waals surface area contributed by atoms with Gasteiger partial charge in [0.1, 0.15) is 18.2 Å². The first kappa shape index (κ1) is 18.2. The number of nitrogens with zero attached hydrogens (tertiary/aromatic N) is 2. The molecule has 6 nitrogen and oxygen atoms in total. The molecule has 0 aliphatic carbocycles. The number of carbonyl (C=O) groups is 2. The molecule has 0 aliphatic heterocycles. The number of anilines is 1. The summed E-state index contributed by atoms with van der Waals surface area (Å²) in [5.74, 6) is -1.03. The molecular weight excluding hydrogens is 364 g/mol. The fourth-order valence-corrected chi connectivity index (χ4v) is 2.95. The number of halogens is 1. The number of fused-ring (bicyclic) bond motifs is 1. The van der Waals surface area contributed by atoms with Crippen molar-refractivity contribution in [2.45, 2.75) is 6.54 Å². The molecule has 3 N–H and O–H groups in total. The van der Waals surface area contributed by atoms with Gasteiger partial charge in [-0.15, -0.1) is 0 Å². The monoisotopic (exact) mass is 378 g/mol. The summed E-state index contributed by atoms with van der Waals surface area (Å²) < 4.78 is 1.69. The topological polar surface area (TPSA) is 101 Å². The van der Waals surface area contributed by atoms with Crippen molar-refractivity contribution in [2.24, 2.45) is 5.73 Å². The van der Waals surface area contributed by atoms with Crippen LogP contribution in [0, 0.1) is 11.3 Å². The summed E-state index contributed by atoms with van der Waals surface area (Å²) in [6.45, 7) is 0.00491. The smallest absolute Gasteiger partial charge is 0.266 e. The Morgan fingerprint density at radius 1 is 1.22 bits per heavy atom. The lowest BCUT2D eigenvalue weighted by Gasteiger charge is -2.04. The Morgan fingerprint density at radius 3 is 2.70 bits per heavy atom. The maximum atomic E-state index is 12.5. The normalized spacial score (nSPS) is 11.2. The summed E-state index contributed by atoms with van der Waals surface area (Å²) in [5, 5.41) is 13.4. The summed E-state index contributed by atoms with van der Waals surface area (Å²) in [6, 6.07) is 15.9. The zero-order valence-corrected chi connectivity index (χ0v) is 14.9. The number of amides is 2. The first-order chi connectivity index (χ1) is 13.0. The second-order valence-corrected chi connectivity index (χ2v) is 6.27. The number of para-hydroxylation sites is 1. The van der Waals surface area contributed by atoms with Crippen LogP contribution in [-0.4, -0.2) is 16.4 Å². The van der Waals surface area contributed by atoms with Gasteiger partial charge in [0.15, 0.2) is 0 Å². The fraction of sp³-hybridized carbons (Fsp3) is 0.0500. The third-order valence-electron chi connectivity index (χ3n) is 3.89. The molecule has 0 atom stereocenters.